The smallest absolute Gasteiger partial charge is 0.254 e. The number of para-hydroxylation sites is 1. The summed E-state index contributed by atoms with van der Waals surface area (Å²) >= 11 is 0. The van der Waals surface area contributed by atoms with Gasteiger partial charge in [-0.3, -0.25) is 9.59 Å². The van der Waals surface area contributed by atoms with E-state index >= 15 is 0 Å². The predicted octanol–water partition coefficient (Wildman–Crippen LogP) is 5.73. The van der Waals surface area contributed by atoms with Crippen LogP contribution in [0, 0.1) is 0 Å². The molecule has 1 heterocycles. The van der Waals surface area contributed by atoms with Gasteiger partial charge >= 0.3 is 0 Å². The maximum absolute atomic E-state index is 14.1. The summed E-state index contributed by atoms with van der Waals surface area (Å²) in [7, 11) is 7.89. The number of nitrogens with one attached hydrogen (secondary N) is 2. The van der Waals surface area contributed by atoms with E-state index in [1.165, 1.54) is 0 Å². The summed E-state index contributed by atoms with van der Waals surface area (Å²) < 4.78 is 27.6. The van der Waals surface area contributed by atoms with Gasteiger partial charge in [0.1, 0.15) is 5.75 Å². The van der Waals surface area contributed by atoms with Crippen molar-refractivity contribution in [2.45, 2.75) is 31.6 Å². The second kappa shape index (κ2) is 12.5. The van der Waals surface area contributed by atoms with Crippen molar-refractivity contribution in [3.8, 4) is 28.7 Å². The van der Waals surface area contributed by atoms with Crippen LogP contribution in [0.25, 0.3) is 0 Å². The lowest BCUT2D eigenvalue weighted by Crippen LogP contribution is -2.37. The van der Waals surface area contributed by atoms with E-state index in [0.29, 0.717) is 63.3 Å². The molecule has 3 aromatic carbocycles. The molecule has 2 N–H and O–H groups in total. The second-order valence-electron chi connectivity index (χ2n) is 10.4. The number of carbonyl (C=O) groups excluding carboxylic acids is 2. The van der Waals surface area contributed by atoms with E-state index in [0.717, 1.165) is 11.3 Å². The molecule has 0 radical (unpaired) electrons. The highest BCUT2D eigenvalue weighted by Crippen LogP contribution is 2.49. The van der Waals surface area contributed by atoms with Gasteiger partial charge in [0.15, 0.2) is 28.8 Å². The number of ether oxygens (including phenoxy) is 5. The van der Waals surface area contributed by atoms with E-state index in [2.05, 4.69) is 10.6 Å². The molecule has 1 aliphatic heterocycles. The van der Waals surface area contributed by atoms with Gasteiger partial charge in [-0.05, 0) is 67.3 Å². The van der Waals surface area contributed by atoms with E-state index in [9.17, 15) is 9.59 Å². The number of Topliss-reactive ketones (excluding diaryl/α,β-unsaturated/α-hetero) is 1. The third-order valence-electron chi connectivity index (χ3n) is 8.04. The number of rotatable bonds is 9. The fourth-order valence-electron chi connectivity index (χ4n) is 6.01. The van der Waals surface area contributed by atoms with Crippen LogP contribution in [0.5, 0.6) is 28.7 Å². The van der Waals surface area contributed by atoms with Crippen molar-refractivity contribution in [1.82, 2.24) is 5.32 Å². The van der Waals surface area contributed by atoms with Gasteiger partial charge in [0, 0.05) is 40.2 Å². The molecule has 5 rings (SSSR count). The number of hydrogen-bond acceptors (Lipinski definition) is 8. The lowest BCUT2D eigenvalue weighted by molar-refractivity contribution is -0.116. The first-order chi connectivity index (χ1) is 20.8. The lowest BCUT2D eigenvalue weighted by Gasteiger charge is -2.37. The average Bonchev–Trinajstić information content (AvgIpc) is 3.03. The number of dihydropyridines is 1. The fraction of sp³-hybridized carbons (Fsp3) is 0.294. The molecule has 0 aromatic heterocycles. The molecule has 2 aliphatic rings. The zero-order valence-corrected chi connectivity index (χ0v) is 25.2. The van der Waals surface area contributed by atoms with Crippen LogP contribution in [0.4, 0.5) is 5.69 Å². The van der Waals surface area contributed by atoms with Gasteiger partial charge in [0.2, 0.25) is 0 Å². The van der Waals surface area contributed by atoms with Crippen molar-refractivity contribution in [3.05, 3.63) is 94.3 Å². The lowest BCUT2D eigenvalue weighted by atomic mass is 9.71. The predicted molar refractivity (Wildman–Crippen MR) is 163 cm³/mol. The van der Waals surface area contributed by atoms with E-state index in [1.807, 2.05) is 37.3 Å². The van der Waals surface area contributed by atoms with Crippen molar-refractivity contribution in [1.29, 1.82) is 0 Å². The maximum atomic E-state index is 14.1. The summed E-state index contributed by atoms with van der Waals surface area (Å²) in [6, 6.07) is 18.3. The molecule has 0 saturated carbocycles. The summed E-state index contributed by atoms with van der Waals surface area (Å²) in [6.45, 7) is 1.86. The Balaban J connectivity index is 1.59. The summed E-state index contributed by atoms with van der Waals surface area (Å²) in [6.07, 6.45) is 0.843. The first kappa shape index (κ1) is 29.6. The molecule has 0 bridgehead atoms. The number of hydrogen-bond donors (Lipinski definition) is 2. The monoisotopic (exact) mass is 584 g/mol. The molecule has 0 spiro atoms. The van der Waals surface area contributed by atoms with Crippen LogP contribution < -0.4 is 34.3 Å². The number of anilines is 1. The van der Waals surface area contributed by atoms with Crippen LogP contribution in [0.15, 0.2) is 83.2 Å². The third kappa shape index (κ3) is 5.62. The molecule has 43 heavy (non-hydrogen) atoms. The molecule has 224 valence electrons. The van der Waals surface area contributed by atoms with Crippen LogP contribution in [0.3, 0.4) is 0 Å². The SMILES string of the molecule is COc1ccc(NC(=O)C2=C(C)NC3=C(C(=O)C[C@H](c4ccc(OC)c(OC)c4)C3)[C@@H]2c2cccc(OC)c2OC)cc1. The molecule has 2 atom stereocenters. The number of allylic oxidation sites excluding steroid dienone is 3. The van der Waals surface area contributed by atoms with Gasteiger partial charge in [-0.25, -0.2) is 0 Å². The highest BCUT2D eigenvalue weighted by atomic mass is 16.5. The van der Waals surface area contributed by atoms with Crippen LogP contribution >= 0.6 is 0 Å². The molecule has 3 aromatic rings. The van der Waals surface area contributed by atoms with Crippen LogP contribution in [0.1, 0.15) is 42.7 Å². The molecule has 0 saturated heterocycles. The Morgan fingerprint density at radius 3 is 2.19 bits per heavy atom. The number of methoxy groups -OCH3 is 5. The van der Waals surface area contributed by atoms with Crippen molar-refractivity contribution < 1.29 is 33.3 Å². The topological polar surface area (TPSA) is 104 Å². The zero-order chi connectivity index (χ0) is 30.7. The van der Waals surface area contributed by atoms with Crippen molar-refractivity contribution in [2.24, 2.45) is 0 Å². The number of ketones is 1. The van der Waals surface area contributed by atoms with Crippen molar-refractivity contribution in [3.63, 3.8) is 0 Å². The Kier molecular flexibility index (Phi) is 8.61. The van der Waals surface area contributed by atoms with Crippen LogP contribution in [-0.2, 0) is 9.59 Å². The minimum atomic E-state index is -0.682. The minimum Gasteiger partial charge on any atom is -0.497 e. The normalized spacial score (nSPS) is 18.0. The fourth-order valence-corrected chi connectivity index (χ4v) is 6.01. The van der Waals surface area contributed by atoms with Gasteiger partial charge in [0.25, 0.3) is 5.91 Å². The molecule has 9 nitrogen and oxygen atoms in total. The summed E-state index contributed by atoms with van der Waals surface area (Å²) in [4.78, 5) is 28.1. The second-order valence-corrected chi connectivity index (χ2v) is 10.4. The number of amides is 1. The molecule has 1 amide bonds. The average molecular weight is 585 g/mol. The molecule has 0 fully saturated rings. The summed E-state index contributed by atoms with van der Waals surface area (Å²) in [5, 5.41) is 6.43. The van der Waals surface area contributed by atoms with Crippen LogP contribution in [-0.4, -0.2) is 47.2 Å². The quantitative estimate of drug-likeness (QED) is 0.329. The Morgan fingerprint density at radius 1 is 0.814 bits per heavy atom. The minimum absolute atomic E-state index is 0.0503. The largest absolute Gasteiger partial charge is 0.497 e. The maximum Gasteiger partial charge on any atom is 0.254 e. The van der Waals surface area contributed by atoms with Gasteiger partial charge in [-0.15, -0.1) is 0 Å². The molecule has 1 aliphatic carbocycles. The van der Waals surface area contributed by atoms with Gasteiger partial charge in [-0.1, -0.05) is 18.2 Å². The molecule has 0 unspecified atom stereocenters. The molecular weight excluding hydrogens is 548 g/mol. The number of carbonyl (C=O) groups is 2. The van der Waals surface area contributed by atoms with Crippen LogP contribution in [0.2, 0.25) is 0 Å². The highest BCUT2D eigenvalue weighted by Gasteiger charge is 2.42. The zero-order valence-electron chi connectivity index (χ0n) is 25.2. The van der Waals surface area contributed by atoms with E-state index < -0.39 is 5.92 Å². The van der Waals surface area contributed by atoms with Gasteiger partial charge < -0.3 is 34.3 Å². The Morgan fingerprint density at radius 2 is 1.53 bits per heavy atom. The Hall–Kier alpha value is -4.92. The Bertz CT molecular complexity index is 1610. The summed E-state index contributed by atoms with van der Waals surface area (Å²) in [5.41, 5.74) is 4.66. The highest BCUT2D eigenvalue weighted by molar-refractivity contribution is 6.10. The Labute approximate surface area is 251 Å². The van der Waals surface area contributed by atoms with Crippen molar-refractivity contribution >= 4 is 17.4 Å². The molecular formula is C34H36N2O7. The van der Waals surface area contributed by atoms with Gasteiger partial charge in [0.05, 0.1) is 41.5 Å². The van der Waals surface area contributed by atoms with E-state index in [-0.39, 0.29) is 24.0 Å². The van der Waals surface area contributed by atoms with E-state index in [1.54, 1.807) is 65.9 Å². The standard InChI is InChI=1S/C34H36N2O7/c1-19-30(34(38)36-22-11-13-23(39-2)14-12-22)31(24-8-7-9-28(41-4)33(24)43-6)32-25(35-19)16-21(17-26(32)37)20-10-15-27(40-3)29(18-20)42-5/h7-15,18,21,31,35H,16-17H2,1-6H3,(H,36,38)/t21-,31-/m1/s1. The van der Waals surface area contributed by atoms with Crippen molar-refractivity contribution in [2.75, 3.05) is 40.9 Å². The number of benzene rings is 3. The summed E-state index contributed by atoms with van der Waals surface area (Å²) in [5.74, 6) is 1.75. The van der Waals surface area contributed by atoms with E-state index in [4.69, 9.17) is 23.7 Å². The first-order valence-corrected chi connectivity index (χ1v) is 14.0. The third-order valence-corrected chi connectivity index (χ3v) is 8.04. The molecule has 9 heteroatoms. The first-order valence-electron chi connectivity index (χ1n) is 14.0. The van der Waals surface area contributed by atoms with Gasteiger partial charge in [-0.2, -0.15) is 0 Å².